The van der Waals surface area contributed by atoms with E-state index in [1.165, 1.54) is 20.3 Å². The van der Waals surface area contributed by atoms with Crippen LogP contribution in [0.15, 0.2) is 21.3 Å². The maximum Gasteiger partial charge on any atom is 0.204 e. The Balaban J connectivity index is 2.64. The van der Waals surface area contributed by atoms with Gasteiger partial charge < -0.3 is 19.0 Å². The number of phenolic OH excluding ortho intramolecular Hbond substituents is 1. The van der Waals surface area contributed by atoms with Gasteiger partial charge in [0.1, 0.15) is 32.7 Å². The van der Waals surface area contributed by atoms with Gasteiger partial charge in [-0.3, -0.25) is 4.79 Å². The molecular formula is C16H12Cl2O5. The van der Waals surface area contributed by atoms with Gasteiger partial charge in [-0.25, -0.2) is 0 Å². The van der Waals surface area contributed by atoms with Crippen molar-refractivity contribution in [3.63, 3.8) is 0 Å². The van der Waals surface area contributed by atoms with E-state index in [9.17, 15) is 9.90 Å². The number of hydrogen-bond donors (Lipinski definition) is 1. The van der Waals surface area contributed by atoms with Crippen LogP contribution in [0.4, 0.5) is 0 Å². The standard InChI is InChI=1S/C16H12Cl2O5/c1-6-4-8(21-2)12(17)15-10(6)14(20)11-7(19)5-9(22-3)13(18)16(11)23-15/h4-5,19H,1-3H3. The van der Waals surface area contributed by atoms with E-state index in [-0.39, 0.29) is 43.5 Å². The first-order valence-electron chi connectivity index (χ1n) is 6.59. The summed E-state index contributed by atoms with van der Waals surface area (Å²) >= 11 is 12.5. The summed E-state index contributed by atoms with van der Waals surface area (Å²) in [6.07, 6.45) is 0. The Labute approximate surface area is 140 Å². The van der Waals surface area contributed by atoms with E-state index in [0.717, 1.165) is 0 Å². The SMILES string of the molecule is COc1cc(C)c2c(=O)c3c(O)cc(OC)c(Cl)c3oc2c1Cl. The lowest BCUT2D eigenvalue weighted by molar-refractivity contribution is 0.408. The van der Waals surface area contributed by atoms with Gasteiger partial charge in [-0.05, 0) is 18.6 Å². The highest BCUT2D eigenvalue weighted by atomic mass is 35.5. The van der Waals surface area contributed by atoms with Crippen LogP contribution in [0.5, 0.6) is 17.2 Å². The Hall–Kier alpha value is -2.11. The van der Waals surface area contributed by atoms with E-state index in [0.29, 0.717) is 11.3 Å². The number of rotatable bonds is 2. The van der Waals surface area contributed by atoms with Gasteiger partial charge in [0.25, 0.3) is 0 Å². The second kappa shape index (κ2) is 5.51. The van der Waals surface area contributed by atoms with Crippen LogP contribution in [-0.4, -0.2) is 19.3 Å². The summed E-state index contributed by atoms with van der Waals surface area (Å²) in [6, 6.07) is 2.91. The molecular weight excluding hydrogens is 343 g/mol. The number of ether oxygens (including phenoxy) is 2. The number of halogens is 2. The molecule has 1 N–H and O–H groups in total. The number of phenols is 1. The van der Waals surface area contributed by atoms with Gasteiger partial charge >= 0.3 is 0 Å². The second-order valence-corrected chi connectivity index (χ2v) is 5.72. The Kier molecular flexibility index (Phi) is 3.78. The van der Waals surface area contributed by atoms with Gasteiger partial charge in [-0.15, -0.1) is 0 Å². The van der Waals surface area contributed by atoms with Gasteiger partial charge in [0, 0.05) is 6.07 Å². The largest absolute Gasteiger partial charge is 0.507 e. The molecule has 0 saturated carbocycles. The molecule has 1 heterocycles. The Morgan fingerprint density at radius 2 is 1.52 bits per heavy atom. The van der Waals surface area contributed by atoms with Crippen LogP contribution in [0.3, 0.4) is 0 Å². The molecule has 0 spiro atoms. The molecule has 0 saturated heterocycles. The summed E-state index contributed by atoms with van der Waals surface area (Å²) in [6.45, 7) is 1.73. The van der Waals surface area contributed by atoms with Gasteiger partial charge in [-0.1, -0.05) is 23.2 Å². The lowest BCUT2D eigenvalue weighted by Crippen LogP contribution is -2.06. The summed E-state index contributed by atoms with van der Waals surface area (Å²) in [5, 5.41) is 10.6. The molecule has 0 aliphatic heterocycles. The van der Waals surface area contributed by atoms with E-state index < -0.39 is 5.43 Å². The lowest BCUT2D eigenvalue weighted by atomic mass is 10.1. The van der Waals surface area contributed by atoms with Gasteiger partial charge in [0.15, 0.2) is 11.2 Å². The summed E-state index contributed by atoms with van der Waals surface area (Å²) < 4.78 is 16.0. The van der Waals surface area contributed by atoms with Crippen LogP contribution in [-0.2, 0) is 0 Å². The average molecular weight is 355 g/mol. The van der Waals surface area contributed by atoms with Crippen LogP contribution < -0.4 is 14.9 Å². The highest BCUT2D eigenvalue weighted by Crippen LogP contribution is 2.41. The molecule has 0 atom stereocenters. The highest BCUT2D eigenvalue weighted by Gasteiger charge is 2.22. The van der Waals surface area contributed by atoms with Crippen LogP contribution in [0.25, 0.3) is 21.9 Å². The topological polar surface area (TPSA) is 68.9 Å². The number of hydrogen-bond acceptors (Lipinski definition) is 5. The third kappa shape index (κ3) is 2.19. The molecule has 1 aromatic heterocycles. The normalized spacial score (nSPS) is 11.2. The van der Waals surface area contributed by atoms with E-state index in [1.54, 1.807) is 13.0 Å². The first-order valence-corrected chi connectivity index (χ1v) is 7.35. The molecule has 0 amide bonds. The molecule has 0 aliphatic carbocycles. The monoisotopic (exact) mass is 354 g/mol. The van der Waals surface area contributed by atoms with E-state index >= 15 is 0 Å². The van der Waals surface area contributed by atoms with Crippen molar-refractivity contribution in [3.05, 3.63) is 38.0 Å². The summed E-state index contributed by atoms with van der Waals surface area (Å²) in [5.74, 6) is 0.292. The number of fused-ring (bicyclic) bond motifs is 2. The minimum Gasteiger partial charge on any atom is -0.507 e. The predicted molar refractivity (Wildman–Crippen MR) is 89.5 cm³/mol. The molecule has 0 fully saturated rings. The van der Waals surface area contributed by atoms with Crippen LogP contribution in [0.1, 0.15) is 5.56 Å². The van der Waals surface area contributed by atoms with Crippen molar-refractivity contribution < 1.29 is 19.0 Å². The highest BCUT2D eigenvalue weighted by molar-refractivity contribution is 6.38. The summed E-state index contributed by atoms with van der Waals surface area (Å²) in [5.41, 5.74) is 0.347. The predicted octanol–water partition coefficient (Wildman–Crippen LogP) is 4.28. The zero-order valence-electron chi connectivity index (χ0n) is 12.5. The maximum absolute atomic E-state index is 12.8. The van der Waals surface area contributed by atoms with Crippen molar-refractivity contribution in [2.45, 2.75) is 6.92 Å². The first kappa shape index (κ1) is 15.8. The molecule has 0 bridgehead atoms. The van der Waals surface area contributed by atoms with Gasteiger partial charge in [0.2, 0.25) is 5.43 Å². The zero-order valence-corrected chi connectivity index (χ0v) is 14.0. The Bertz CT molecular complexity index is 930. The van der Waals surface area contributed by atoms with E-state index in [2.05, 4.69) is 0 Å². The van der Waals surface area contributed by atoms with Crippen molar-refractivity contribution in [3.8, 4) is 17.2 Å². The number of methoxy groups -OCH3 is 2. The minimum atomic E-state index is -0.426. The minimum absolute atomic E-state index is 0.00979. The fraction of sp³-hybridized carbons (Fsp3) is 0.188. The molecule has 0 aliphatic rings. The lowest BCUT2D eigenvalue weighted by Gasteiger charge is -2.12. The number of aryl methyl sites for hydroxylation is 1. The fourth-order valence-corrected chi connectivity index (χ4v) is 3.08. The molecule has 5 nitrogen and oxygen atoms in total. The molecule has 2 aromatic carbocycles. The molecule has 0 unspecified atom stereocenters. The van der Waals surface area contributed by atoms with Crippen molar-refractivity contribution >= 4 is 45.1 Å². The third-order valence-corrected chi connectivity index (χ3v) is 4.37. The number of benzene rings is 2. The van der Waals surface area contributed by atoms with Crippen molar-refractivity contribution in [2.75, 3.05) is 14.2 Å². The van der Waals surface area contributed by atoms with E-state index in [1.807, 2.05) is 0 Å². The molecule has 3 aromatic rings. The van der Waals surface area contributed by atoms with Crippen LogP contribution >= 0.6 is 23.2 Å². The maximum atomic E-state index is 12.8. The molecule has 7 heteroatoms. The smallest absolute Gasteiger partial charge is 0.204 e. The fourth-order valence-electron chi connectivity index (χ4n) is 2.55. The second-order valence-electron chi connectivity index (χ2n) is 4.96. The van der Waals surface area contributed by atoms with E-state index in [4.69, 9.17) is 37.1 Å². The molecule has 0 radical (unpaired) electrons. The third-order valence-electron chi connectivity index (χ3n) is 3.65. The average Bonchev–Trinajstić information content (AvgIpc) is 2.53. The van der Waals surface area contributed by atoms with Gasteiger partial charge in [0.05, 0.1) is 19.6 Å². The summed E-state index contributed by atoms with van der Waals surface area (Å²) in [7, 11) is 2.86. The van der Waals surface area contributed by atoms with Gasteiger partial charge in [-0.2, -0.15) is 0 Å². The van der Waals surface area contributed by atoms with Crippen molar-refractivity contribution in [1.29, 1.82) is 0 Å². The first-order chi connectivity index (χ1) is 10.9. The molecule has 120 valence electrons. The van der Waals surface area contributed by atoms with Crippen molar-refractivity contribution in [2.24, 2.45) is 0 Å². The van der Waals surface area contributed by atoms with Crippen molar-refractivity contribution in [1.82, 2.24) is 0 Å². The Morgan fingerprint density at radius 1 is 1.00 bits per heavy atom. The zero-order chi connectivity index (χ0) is 16.9. The summed E-state index contributed by atoms with van der Waals surface area (Å²) in [4.78, 5) is 12.8. The molecule has 3 rings (SSSR count). The number of aromatic hydroxyl groups is 1. The van der Waals surface area contributed by atoms with Crippen LogP contribution in [0, 0.1) is 6.92 Å². The quantitative estimate of drug-likeness (QED) is 0.695. The Morgan fingerprint density at radius 3 is 2.09 bits per heavy atom. The van der Waals surface area contributed by atoms with Crippen LogP contribution in [0.2, 0.25) is 10.0 Å². The molecule has 23 heavy (non-hydrogen) atoms.